The first-order chi connectivity index (χ1) is 15.9. The summed E-state index contributed by atoms with van der Waals surface area (Å²) < 4.78 is 0. The quantitative estimate of drug-likeness (QED) is 0.455. The Morgan fingerprint density at radius 2 is 1.00 bits per heavy atom. The van der Waals surface area contributed by atoms with Crippen LogP contribution in [0.1, 0.15) is 22.5 Å². The zero-order valence-corrected chi connectivity index (χ0v) is 18.0. The van der Waals surface area contributed by atoms with Gasteiger partial charge in [-0.05, 0) is 60.4 Å². The number of hydrogen-bond donors (Lipinski definition) is 0. The van der Waals surface area contributed by atoms with Crippen molar-refractivity contribution >= 4 is 11.4 Å². The van der Waals surface area contributed by atoms with E-state index in [1.165, 1.54) is 22.5 Å². The number of nitrogens with zero attached hydrogens (tertiary/aromatic N) is 4. The van der Waals surface area contributed by atoms with Crippen molar-refractivity contribution in [1.29, 1.82) is 0 Å². The van der Waals surface area contributed by atoms with Gasteiger partial charge in [-0.15, -0.1) is 0 Å². The molecule has 0 amide bonds. The molecule has 2 unspecified atom stereocenters. The van der Waals surface area contributed by atoms with Crippen LogP contribution in [0.4, 0.5) is 11.4 Å². The number of rotatable bonds is 5. The summed E-state index contributed by atoms with van der Waals surface area (Å²) in [6, 6.07) is 30.8. The summed E-state index contributed by atoms with van der Waals surface area (Å²) in [7, 11) is 0. The van der Waals surface area contributed by atoms with Crippen LogP contribution in [-0.4, -0.2) is 22.1 Å². The van der Waals surface area contributed by atoms with E-state index in [1.807, 2.05) is 24.5 Å². The lowest BCUT2D eigenvalue weighted by Crippen LogP contribution is -2.52. The molecule has 0 saturated carbocycles. The van der Waals surface area contributed by atoms with Crippen molar-refractivity contribution in [1.82, 2.24) is 9.97 Å². The molecule has 4 heteroatoms. The predicted molar refractivity (Wildman–Crippen MR) is 129 cm³/mol. The minimum Gasteiger partial charge on any atom is -0.281 e. The van der Waals surface area contributed by atoms with Gasteiger partial charge in [0.2, 0.25) is 0 Å². The molecular weight excluding hydrogens is 392 g/mol. The molecule has 158 valence electrons. The fourth-order valence-electron chi connectivity index (χ4n) is 5.31. The van der Waals surface area contributed by atoms with Crippen LogP contribution in [0.15, 0.2) is 97.3 Å². The third-order valence-corrected chi connectivity index (χ3v) is 6.65. The number of hydrogen-bond acceptors (Lipinski definition) is 4. The maximum atomic E-state index is 4.64. The van der Waals surface area contributed by atoms with Crippen molar-refractivity contribution in [2.45, 2.75) is 37.8 Å². The first kappa shape index (κ1) is 19.1. The standard InChI is InChI=1S/C28H26N4/c1-3-13-27-21(9-1)17-25(19-23-11-5-7-15-29-23)31(27)32-26(20-24-12-6-8-16-30-24)18-22-10-2-4-14-28(22)32/h1-16,25-26H,17-20H2. The summed E-state index contributed by atoms with van der Waals surface area (Å²) in [4.78, 5) is 9.28. The summed E-state index contributed by atoms with van der Waals surface area (Å²) in [5, 5.41) is 5.12. The minimum absolute atomic E-state index is 0.333. The molecule has 4 aromatic rings. The van der Waals surface area contributed by atoms with Gasteiger partial charge < -0.3 is 0 Å². The zero-order valence-electron chi connectivity index (χ0n) is 18.0. The number of hydrazine groups is 1. The van der Waals surface area contributed by atoms with Crippen molar-refractivity contribution in [3.8, 4) is 0 Å². The zero-order chi connectivity index (χ0) is 21.3. The first-order valence-electron chi connectivity index (χ1n) is 11.4. The lowest BCUT2D eigenvalue weighted by molar-refractivity contribution is 0.524. The fraction of sp³-hybridized carbons (Fsp3) is 0.214. The molecule has 0 N–H and O–H groups in total. The van der Waals surface area contributed by atoms with E-state index < -0.39 is 0 Å². The number of anilines is 2. The molecule has 0 fully saturated rings. The third kappa shape index (κ3) is 3.42. The summed E-state index contributed by atoms with van der Waals surface area (Å²) in [6.07, 6.45) is 7.70. The largest absolute Gasteiger partial charge is 0.281 e. The molecule has 0 radical (unpaired) electrons. The molecule has 2 aliphatic rings. The summed E-state index contributed by atoms with van der Waals surface area (Å²) in [6.45, 7) is 0. The van der Waals surface area contributed by atoms with Crippen LogP contribution < -0.4 is 10.0 Å². The molecule has 2 atom stereocenters. The van der Waals surface area contributed by atoms with Gasteiger partial charge in [0.15, 0.2) is 0 Å². The maximum absolute atomic E-state index is 4.64. The molecule has 2 aromatic heterocycles. The van der Waals surface area contributed by atoms with Crippen LogP contribution in [0.5, 0.6) is 0 Å². The molecule has 0 bridgehead atoms. The second kappa shape index (κ2) is 8.12. The molecular formula is C28H26N4. The van der Waals surface area contributed by atoms with Crippen molar-refractivity contribution in [2.75, 3.05) is 10.0 Å². The Balaban J connectivity index is 1.42. The Hall–Kier alpha value is -3.66. The Bertz CT molecular complexity index is 1110. The molecule has 0 aliphatic carbocycles. The van der Waals surface area contributed by atoms with Gasteiger partial charge in [0, 0.05) is 36.6 Å². The van der Waals surface area contributed by atoms with E-state index in [2.05, 4.69) is 92.8 Å². The van der Waals surface area contributed by atoms with Gasteiger partial charge in [0.25, 0.3) is 0 Å². The van der Waals surface area contributed by atoms with Gasteiger partial charge in [0.05, 0.1) is 23.5 Å². The molecule has 2 aromatic carbocycles. The van der Waals surface area contributed by atoms with Gasteiger partial charge in [-0.25, -0.2) is 0 Å². The predicted octanol–water partition coefficient (Wildman–Crippen LogP) is 5.04. The van der Waals surface area contributed by atoms with Gasteiger partial charge in [0.1, 0.15) is 0 Å². The molecule has 0 spiro atoms. The van der Waals surface area contributed by atoms with E-state index in [0.717, 1.165) is 37.1 Å². The van der Waals surface area contributed by atoms with Gasteiger partial charge in [-0.2, -0.15) is 0 Å². The van der Waals surface area contributed by atoms with Crippen LogP contribution >= 0.6 is 0 Å². The van der Waals surface area contributed by atoms with Crippen molar-refractivity contribution in [2.24, 2.45) is 0 Å². The highest BCUT2D eigenvalue weighted by Crippen LogP contribution is 2.42. The van der Waals surface area contributed by atoms with Crippen LogP contribution in [0.25, 0.3) is 0 Å². The minimum atomic E-state index is 0.333. The Labute approximate surface area is 189 Å². The number of pyridine rings is 2. The fourth-order valence-corrected chi connectivity index (χ4v) is 5.31. The van der Waals surface area contributed by atoms with Crippen LogP contribution in [0.2, 0.25) is 0 Å². The van der Waals surface area contributed by atoms with Gasteiger partial charge in [-0.3, -0.25) is 20.0 Å². The van der Waals surface area contributed by atoms with E-state index in [-0.39, 0.29) is 0 Å². The van der Waals surface area contributed by atoms with Crippen LogP contribution in [0.3, 0.4) is 0 Å². The monoisotopic (exact) mass is 418 g/mol. The summed E-state index contributed by atoms with van der Waals surface area (Å²) in [5.41, 5.74) is 7.74. The third-order valence-electron chi connectivity index (χ3n) is 6.65. The summed E-state index contributed by atoms with van der Waals surface area (Å²) >= 11 is 0. The lowest BCUT2D eigenvalue weighted by atomic mass is 10.1. The topological polar surface area (TPSA) is 32.3 Å². The number of para-hydroxylation sites is 2. The highest BCUT2D eigenvalue weighted by atomic mass is 15.7. The Morgan fingerprint density at radius 1 is 0.562 bits per heavy atom. The number of aromatic nitrogens is 2. The average Bonchev–Trinajstić information content (AvgIpc) is 3.37. The highest BCUT2D eigenvalue weighted by molar-refractivity contribution is 5.70. The Kier molecular flexibility index (Phi) is 4.83. The summed E-state index contributed by atoms with van der Waals surface area (Å²) in [5.74, 6) is 0. The highest BCUT2D eigenvalue weighted by Gasteiger charge is 2.40. The van der Waals surface area contributed by atoms with E-state index in [9.17, 15) is 0 Å². The SMILES string of the molecule is c1ccc(CC2Cc3ccccc3N2N2c3ccccc3CC2Cc2ccccn2)nc1. The van der Waals surface area contributed by atoms with E-state index >= 15 is 0 Å². The molecule has 32 heavy (non-hydrogen) atoms. The van der Waals surface area contributed by atoms with Crippen molar-refractivity contribution in [3.63, 3.8) is 0 Å². The van der Waals surface area contributed by atoms with Gasteiger partial charge >= 0.3 is 0 Å². The van der Waals surface area contributed by atoms with E-state index in [1.54, 1.807) is 0 Å². The average molecular weight is 419 g/mol. The van der Waals surface area contributed by atoms with Crippen molar-refractivity contribution in [3.05, 3.63) is 120 Å². The van der Waals surface area contributed by atoms with Crippen LogP contribution in [0, 0.1) is 0 Å². The molecule has 2 aliphatic heterocycles. The second-order valence-electron chi connectivity index (χ2n) is 8.71. The van der Waals surface area contributed by atoms with E-state index in [0.29, 0.717) is 12.1 Å². The molecule has 0 saturated heterocycles. The Morgan fingerprint density at radius 3 is 1.44 bits per heavy atom. The molecule has 4 heterocycles. The van der Waals surface area contributed by atoms with Crippen LogP contribution in [-0.2, 0) is 25.7 Å². The van der Waals surface area contributed by atoms with Crippen molar-refractivity contribution < 1.29 is 0 Å². The van der Waals surface area contributed by atoms with E-state index in [4.69, 9.17) is 0 Å². The number of benzene rings is 2. The maximum Gasteiger partial charge on any atom is 0.0610 e. The first-order valence-corrected chi connectivity index (χ1v) is 11.4. The second-order valence-corrected chi connectivity index (χ2v) is 8.71. The normalized spacial score (nSPS) is 19.1. The molecule has 6 rings (SSSR count). The lowest BCUT2D eigenvalue weighted by Gasteiger charge is -2.41. The molecule has 4 nitrogen and oxygen atoms in total. The number of fused-ring (bicyclic) bond motifs is 2. The van der Waals surface area contributed by atoms with Gasteiger partial charge in [-0.1, -0.05) is 48.5 Å². The smallest absolute Gasteiger partial charge is 0.0610 e.